The number of aryl methyl sites for hydroxylation is 1. The molecule has 31 heavy (non-hydrogen) atoms. The quantitative estimate of drug-likeness (QED) is 0.351. The average Bonchev–Trinajstić information content (AvgIpc) is 2.78. The van der Waals surface area contributed by atoms with E-state index in [1.165, 1.54) is 88.3 Å². The maximum Gasteiger partial charge on any atom is 0.144 e. The standard InChI is InChI=1S/C28H35F2N/c1-2-3-4-5-6-7-21-8-10-22(11-9-21)12-13-23-14-16-24(17-15-23)25-18-27(29)26(20-31)28(30)19-25/h14-19,21-22H,2-13H2,1H3. The summed E-state index contributed by atoms with van der Waals surface area (Å²) < 4.78 is 27.8. The highest BCUT2D eigenvalue weighted by Crippen LogP contribution is 2.34. The minimum absolute atomic E-state index is 0.466. The van der Waals surface area contributed by atoms with Gasteiger partial charge in [-0.3, -0.25) is 0 Å². The van der Waals surface area contributed by atoms with Crippen molar-refractivity contribution >= 4 is 0 Å². The van der Waals surface area contributed by atoms with Crippen molar-refractivity contribution in [2.45, 2.75) is 84.0 Å². The van der Waals surface area contributed by atoms with Crippen LogP contribution in [-0.2, 0) is 6.42 Å². The third kappa shape index (κ3) is 6.89. The second kappa shape index (κ2) is 12.0. The largest absolute Gasteiger partial charge is 0.205 e. The van der Waals surface area contributed by atoms with Crippen molar-refractivity contribution in [1.82, 2.24) is 0 Å². The number of hydrogen-bond donors (Lipinski definition) is 0. The summed E-state index contributed by atoms with van der Waals surface area (Å²) in [4.78, 5) is 0. The fourth-order valence-electron chi connectivity index (χ4n) is 4.93. The molecule has 0 amide bonds. The third-order valence-corrected chi connectivity index (χ3v) is 6.96. The van der Waals surface area contributed by atoms with Gasteiger partial charge in [0.2, 0.25) is 0 Å². The Morgan fingerprint density at radius 2 is 1.39 bits per heavy atom. The van der Waals surface area contributed by atoms with Gasteiger partial charge in [-0.2, -0.15) is 5.26 Å². The van der Waals surface area contributed by atoms with E-state index in [-0.39, 0.29) is 0 Å². The van der Waals surface area contributed by atoms with Crippen LogP contribution in [0.15, 0.2) is 36.4 Å². The molecule has 0 aromatic heterocycles. The molecular weight excluding hydrogens is 388 g/mol. The summed E-state index contributed by atoms with van der Waals surface area (Å²) in [5, 5.41) is 8.81. The number of nitriles is 1. The highest BCUT2D eigenvalue weighted by atomic mass is 19.1. The molecule has 1 nitrogen and oxygen atoms in total. The van der Waals surface area contributed by atoms with Crippen LogP contribution in [0.2, 0.25) is 0 Å². The van der Waals surface area contributed by atoms with Gasteiger partial charge in [0, 0.05) is 0 Å². The monoisotopic (exact) mass is 423 g/mol. The van der Waals surface area contributed by atoms with Gasteiger partial charge in [0.1, 0.15) is 23.3 Å². The Balaban J connectivity index is 1.43. The minimum Gasteiger partial charge on any atom is -0.205 e. The molecule has 0 atom stereocenters. The zero-order valence-corrected chi connectivity index (χ0v) is 18.8. The van der Waals surface area contributed by atoms with Crippen LogP contribution in [-0.4, -0.2) is 0 Å². The van der Waals surface area contributed by atoms with Crippen molar-refractivity contribution in [3.05, 3.63) is 59.2 Å². The Kier molecular flexibility index (Phi) is 9.07. The first-order valence-corrected chi connectivity index (χ1v) is 12.1. The Morgan fingerprint density at radius 3 is 1.97 bits per heavy atom. The Hall–Kier alpha value is -2.21. The Bertz CT molecular complexity index is 835. The molecular formula is C28H35F2N. The zero-order chi connectivity index (χ0) is 22.1. The lowest BCUT2D eigenvalue weighted by molar-refractivity contribution is 0.248. The molecule has 166 valence electrons. The first-order valence-electron chi connectivity index (χ1n) is 12.1. The van der Waals surface area contributed by atoms with E-state index >= 15 is 0 Å². The molecule has 1 aliphatic rings. The van der Waals surface area contributed by atoms with Gasteiger partial charge in [-0.05, 0) is 53.5 Å². The summed E-state index contributed by atoms with van der Waals surface area (Å²) in [5.74, 6) is 0.166. The van der Waals surface area contributed by atoms with E-state index < -0.39 is 17.2 Å². The van der Waals surface area contributed by atoms with Crippen molar-refractivity contribution in [2.75, 3.05) is 0 Å². The number of unbranched alkanes of at least 4 members (excludes halogenated alkanes) is 4. The zero-order valence-electron chi connectivity index (χ0n) is 18.8. The number of nitrogens with zero attached hydrogens (tertiary/aromatic N) is 1. The van der Waals surface area contributed by atoms with Crippen molar-refractivity contribution in [2.24, 2.45) is 11.8 Å². The van der Waals surface area contributed by atoms with E-state index in [0.29, 0.717) is 5.56 Å². The molecule has 0 unspecified atom stereocenters. The maximum atomic E-state index is 13.9. The van der Waals surface area contributed by atoms with Crippen LogP contribution in [0.3, 0.4) is 0 Å². The predicted octanol–water partition coefficient (Wildman–Crippen LogP) is 8.60. The summed E-state index contributed by atoms with van der Waals surface area (Å²) in [6.07, 6.45) is 16.2. The summed E-state index contributed by atoms with van der Waals surface area (Å²) in [6, 6.07) is 12.0. The maximum absolute atomic E-state index is 13.9. The second-order valence-corrected chi connectivity index (χ2v) is 9.25. The Morgan fingerprint density at radius 1 is 0.806 bits per heavy atom. The predicted molar refractivity (Wildman–Crippen MR) is 124 cm³/mol. The van der Waals surface area contributed by atoms with E-state index in [1.807, 2.05) is 12.1 Å². The van der Waals surface area contributed by atoms with Crippen LogP contribution < -0.4 is 0 Å². The van der Waals surface area contributed by atoms with Gasteiger partial charge >= 0.3 is 0 Å². The molecule has 2 aromatic rings. The summed E-state index contributed by atoms with van der Waals surface area (Å²) in [5.41, 5.74) is 1.99. The van der Waals surface area contributed by atoms with Crippen LogP contribution in [0, 0.1) is 34.8 Å². The fourth-order valence-corrected chi connectivity index (χ4v) is 4.93. The molecule has 3 heteroatoms. The molecule has 0 bridgehead atoms. The average molecular weight is 424 g/mol. The van der Waals surface area contributed by atoms with E-state index in [9.17, 15) is 8.78 Å². The van der Waals surface area contributed by atoms with Gasteiger partial charge < -0.3 is 0 Å². The Labute approximate surface area is 186 Å². The number of rotatable bonds is 10. The van der Waals surface area contributed by atoms with Crippen LogP contribution in [0.1, 0.15) is 88.7 Å². The van der Waals surface area contributed by atoms with E-state index in [0.717, 1.165) is 23.8 Å². The molecule has 1 fully saturated rings. The molecule has 0 heterocycles. The lowest BCUT2D eigenvalue weighted by Gasteiger charge is -2.28. The van der Waals surface area contributed by atoms with Crippen molar-refractivity contribution < 1.29 is 8.78 Å². The highest BCUT2D eigenvalue weighted by Gasteiger charge is 2.20. The number of halogens is 2. The molecule has 2 aromatic carbocycles. The fraction of sp³-hybridized carbons (Fsp3) is 0.536. The first kappa shape index (κ1) is 23.5. The molecule has 0 spiro atoms. The van der Waals surface area contributed by atoms with Gasteiger partial charge in [0.15, 0.2) is 0 Å². The smallest absolute Gasteiger partial charge is 0.144 e. The number of hydrogen-bond acceptors (Lipinski definition) is 1. The van der Waals surface area contributed by atoms with Gasteiger partial charge in [0.05, 0.1) is 0 Å². The molecule has 0 N–H and O–H groups in total. The SMILES string of the molecule is CCCCCCCC1CCC(CCc2ccc(-c3cc(F)c(C#N)c(F)c3)cc2)CC1. The van der Waals surface area contributed by atoms with Crippen molar-refractivity contribution in [3.8, 4) is 17.2 Å². The first-order chi connectivity index (χ1) is 15.1. The van der Waals surface area contributed by atoms with Crippen LogP contribution >= 0.6 is 0 Å². The summed E-state index contributed by atoms with van der Waals surface area (Å²) in [6.45, 7) is 2.27. The van der Waals surface area contributed by atoms with Gasteiger partial charge in [-0.1, -0.05) is 95.4 Å². The van der Waals surface area contributed by atoms with Crippen LogP contribution in [0.4, 0.5) is 8.78 Å². The topological polar surface area (TPSA) is 23.8 Å². The van der Waals surface area contributed by atoms with Crippen molar-refractivity contribution in [1.29, 1.82) is 5.26 Å². The minimum atomic E-state index is -0.807. The lowest BCUT2D eigenvalue weighted by Crippen LogP contribution is -2.15. The molecule has 0 radical (unpaired) electrons. The normalized spacial score (nSPS) is 18.6. The van der Waals surface area contributed by atoms with Crippen LogP contribution in [0.25, 0.3) is 11.1 Å². The molecule has 1 aliphatic carbocycles. The third-order valence-electron chi connectivity index (χ3n) is 6.96. The summed E-state index contributed by atoms with van der Waals surface area (Å²) >= 11 is 0. The lowest BCUT2D eigenvalue weighted by atomic mass is 9.77. The van der Waals surface area contributed by atoms with Gasteiger partial charge in [-0.25, -0.2) is 8.78 Å². The highest BCUT2D eigenvalue weighted by molar-refractivity contribution is 5.65. The van der Waals surface area contributed by atoms with E-state index in [2.05, 4.69) is 19.1 Å². The molecule has 0 saturated heterocycles. The van der Waals surface area contributed by atoms with Gasteiger partial charge in [-0.15, -0.1) is 0 Å². The molecule has 3 rings (SSSR count). The van der Waals surface area contributed by atoms with Gasteiger partial charge in [0.25, 0.3) is 0 Å². The van der Waals surface area contributed by atoms with Crippen LogP contribution in [0.5, 0.6) is 0 Å². The van der Waals surface area contributed by atoms with Crippen molar-refractivity contribution in [3.63, 3.8) is 0 Å². The molecule has 1 saturated carbocycles. The van der Waals surface area contributed by atoms with E-state index in [1.54, 1.807) is 6.07 Å². The summed E-state index contributed by atoms with van der Waals surface area (Å²) in [7, 11) is 0. The molecule has 0 aliphatic heterocycles. The second-order valence-electron chi connectivity index (χ2n) is 9.25. The van der Waals surface area contributed by atoms with E-state index in [4.69, 9.17) is 5.26 Å². The number of benzene rings is 2.